The van der Waals surface area contributed by atoms with Gasteiger partial charge in [-0.15, -0.1) is 0 Å². The van der Waals surface area contributed by atoms with Gasteiger partial charge in [0.15, 0.2) is 0 Å². The van der Waals surface area contributed by atoms with Gasteiger partial charge in [-0.2, -0.15) is 0 Å². The van der Waals surface area contributed by atoms with Crippen molar-refractivity contribution in [2.24, 2.45) is 5.92 Å². The van der Waals surface area contributed by atoms with E-state index in [1.807, 2.05) is 6.92 Å². The second-order valence-electron chi connectivity index (χ2n) is 2.66. The third kappa shape index (κ3) is 6.11. The second kappa shape index (κ2) is 7.80. The molecule has 0 rings (SSSR count). The van der Waals surface area contributed by atoms with Crippen LogP contribution in [0.3, 0.4) is 0 Å². The lowest BCUT2D eigenvalue weighted by molar-refractivity contribution is 0.123. The summed E-state index contributed by atoms with van der Waals surface area (Å²) in [6.45, 7) is 8.10. The van der Waals surface area contributed by atoms with E-state index < -0.39 is 0 Å². The van der Waals surface area contributed by atoms with E-state index in [1.54, 1.807) is 0 Å². The van der Waals surface area contributed by atoms with Crippen LogP contribution in [0.1, 0.15) is 33.6 Å². The van der Waals surface area contributed by atoms with Gasteiger partial charge < -0.3 is 4.74 Å². The standard InChI is InChI=1S/C10H20O/c1-4-7-8-10(5-2)9-11-6-3/h7-8,10H,4-6,9H2,1-3H3/b8-7+. The van der Waals surface area contributed by atoms with Crippen LogP contribution in [-0.4, -0.2) is 13.2 Å². The number of allylic oxidation sites excluding steroid dienone is 1. The summed E-state index contributed by atoms with van der Waals surface area (Å²) in [5, 5.41) is 0. The largest absolute Gasteiger partial charge is 0.381 e. The molecule has 0 aliphatic rings. The molecule has 0 bridgehead atoms. The molecule has 66 valence electrons. The zero-order chi connectivity index (χ0) is 8.53. The first kappa shape index (κ1) is 10.7. The van der Waals surface area contributed by atoms with Crippen molar-refractivity contribution in [3.63, 3.8) is 0 Å². The fourth-order valence-corrected chi connectivity index (χ4v) is 0.907. The predicted octanol–water partition coefficient (Wildman–Crippen LogP) is 3.02. The van der Waals surface area contributed by atoms with Crippen molar-refractivity contribution < 1.29 is 4.74 Å². The Morgan fingerprint density at radius 3 is 2.45 bits per heavy atom. The van der Waals surface area contributed by atoms with Gasteiger partial charge in [-0.25, -0.2) is 0 Å². The summed E-state index contributed by atoms with van der Waals surface area (Å²) >= 11 is 0. The number of ether oxygens (including phenoxy) is 1. The molecule has 0 saturated heterocycles. The first-order valence-electron chi connectivity index (χ1n) is 4.59. The van der Waals surface area contributed by atoms with E-state index in [9.17, 15) is 0 Å². The second-order valence-corrected chi connectivity index (χ2v) is 2.66. The van der Waals surface area contributed by atoms with Gasteiger partial charge in [0, 0.05) is 6.61 Å². The van der Waals surface area contributed by atoms with E-state index in [4.69, 9.17) is 4.74 Å². The molecule has 0 aliphatic heterocycles. The minimum Gasteiger partial charge on any atom is -0.381 e. The lowest BCUT2D eigenvalue weighted by Gasteiger charge is -2.08. The molecule has 0 radical (unpaired) electrons. The maximum atomic E-state index is 5.33. The van der Waals surface area contributed by atoms with Gasteiger partial charge in [0.2, 0.25) is 0 Å². The first-order chi connectivity index (χ1) is 5.35. The van der Waals surface area contributed by atoms with Crippen molar-refractivity contribution in [2.45, 2.75) is 33.6 Å². The smallest absolute Gasteiger partial charge is 0.0528 e. The third-order valence-corrected chi connectivity index (χ3v) is 1.70. The van der Waals surface area contributed by atoms with Crippen molar-refractivity contribution >= 4 is 0 Å². The van der Waals surface area contributed by atoms with E-state index in [0.717, 1.165) is 19.6 Å². The molecule has 0 aliphatic carbocycles. The van der Waals surface area contributed by atoms with E-state index in [0.29, 0.717) is 5.92 Å². The van der Waals surface area contributed by atoms with E-state index in [-0.39, 0.29) is 0 Å². The van der Waals surface area contributed by atoms with Crippen molar-refractivity contribution in [2.75, 3.05) is 13.2 Å². The Morgan fingerprint density at radius 1 is 1.27 bits per heavy atom. The van der Waals surface area contributed by atoms with Crippen LogP contribution in [0.25, 0.3) is 0 Å². The lowest BCUT2D eigenvalue weighted by atomic mass is 10.1. The van der Waals surface area contributed by atoms with Crippen LogP contribution in [0.15, 0.2) is 12.2 Å². The van der Waals surface area contributed by atoms with Gasteiger partial charge in [0.25, 0.3) is 0 Å². The maximum Gasteiger partial charge on any atom is 0.0528 e. The highest BCUT2D eigenvalue weighted by Crippen LogP contribution is 2.05. The molecular formula is C10H20O. The van der Waals surface area contributed by atoms with Crippen LogP contribution >= 0.6 is 0 Å². The molecule has 0 aromatic carbocycles. The fraction of sp³-hybridized carbons (Fsp3) is 0.800. The molecular weight excluding hydrogens is 136 g/mol. The zero-order valence-electron chi connectivity index (χ0n) is 7.97. The van der Waals surface area contributed by atoms with Crippen LogP contribution in [0.2, 0.25) is 0 Å². The Kier molecular flexibility index (Phi) is 7.59. The van der Waals surface area contributed by atoms with Crippen molar-refractivity contribution in [3.05, 3.63) is 12.2 Å². The minimum absolute atomic E-state index is 0.620. The molecule has 1 nitrogen and oxygen atoms in total. The molecule has 0 fully saturated rings. The summed E-state index contributed by atoms with van der Waals surface area (Å²) < 4.78 is 5.33. The number of hydrogen-bond donors (Lipinski definition) is 0. The van der Waals surface area contributed by atoms with Crippen LogP contribution < -0.4 is 0 Å². The van der Waals surface area contributed by atoms with Gasteiger partial charge in [0.05, 0.1) is 6.61 Å². The Balaban J connectivity index is 3.48. The Hall–Kier alpha value is -0.300. The van der Waals surface area contributed by atoms with E-state index in [2.05, 4.69) is 26.0 Å². The zero-order valence-corrected chi connectivity index (χ0v) is 7.97. The summed E-state index contributed by atoms with van der Waals surface area (Å²) in [7, 11) is 0. The Labute approximate surface area is 70.4 Å². The van der Waals surface area contributed by atoms with Gasteiger partial charge in [-0.3, -0.25) is 0 Å². The lowest BCUT2D eigenvalue weighted by Crippen LogP contribution is -2.05. The van der Waals surface area contributed by atoms with Gasteiger partial charge in [-0.1, -0.05) is 26.0 Å². The van der Waals surface area contributed by atoms with Crippen molar-refractivity contribution in [3.8, 4) is 0 Å². The first-order valence-corrected chi connectivity index (χ1v) is 4.59. The van der Waals surface area contributed by atoms with Crippen molar-refractivity contribution in [1.29, 1.82) is 0 Å². The Bertz CT molecular complexity index is 97.0. The van der Waals surface area contributed by atoms with Crippen molar-refractivity contribution in [1.82, 2.24) is 0 Å². The normalized spacial score (nSPS) is 14.1. The van der Waals surface area contributed by atoms with Crippen LogP contribution in [0.5, 0.6) is 0 Å². The Morgan fingerprint density at radius 2 is 2.00 bits per heavy atom. The highest BCUT2D eigenvalue weighted by atomic mass is 16.5. The van der Waals surface area contributed by atoms with Gasteiger partial charge in [-0.05, 0) is 25.7 Å². The summed E-state index contributed by atoms with van der Waals surface area (Å²) in [5.74, 6) is 0.620. The molecule has 1 unspecified atom stereocenters. The summed E-state index contributed by atoms with van der Waals surface area (Å²) in [4.78, 5) is 0. The average Bonchev–Trinajstić information content (AvgIpc) is 2.05. The predicted molar refractivity (Wildman–Crippen MR) is 49.7 cm³/mol. The molecule has 1 atom stereocenters. The molecule has 0 amide bonds. The third-order valence-electron chi connectivity index (χ3n) is 1.70. The van der Waals surface area contributed by atoms with Crippen LogP contribution in [0.4, 0.5) is 0 Å². The number of rotatable bonds is 6. The summed E-state index contributed by atoms with van der Waals surface area (Å²) in [6, 6.07) is 0. The molecule has 11 heavy (non-hydrogen) atoms. The maximum absolute atomic E-state index is 5.33. The fourth-order valence-electron chi connectivity index (χ4n) is 0.907. The quantitative estimate of drug-likeness (QED) is 0.537. The van der Waals surface area contributed by atoms with Crippen LogP contribution in [0, 0.1) is 5.92 Å². The SMILES string of the molecule is CC/C=C/C(CC)COCC. The average molecular weight is 156 g/mol. The molecule has 0 aromatic heterocycles. The van der Waals surface area contributed by atoms with Gasteiger partial charge in [0.1, 0.15) is 0 Å². The molecule has 1 heteroatoms. The molecule has 0 heterocycles. The van der Waals surface area contributed by atoms with Crippen LogP contribution in [-0.2, 0) is 4.74 Å². The monoisotopic (exact) mass is 156 g/mol. The van der Waals surface area contributed by atoms with Gasteiger partial charge >= 0.3 is 0 Å². The highest BCUT2D eigenvalue weighted by molar-refractivity contribution is 4.86. The topological polar surface area (TPSA) is 9.23 Å². The molecule has 0 aromatic rings. The minimum atomic E-state index is 0.620. The van der Waals surface area contributed by atoms with E-state index in [1.165, 1.54) is 6.42 Å². The summed E-state index contributed by atoms with van der Waals surface area (Å²) in [5.41, 5.74) is 0. The van der Waals surface area contributed by atoms with E-state index >= 15 is 0 Å². The number of hydrogen-bond acceptors (Lipinski definition) is 1. The summed E-state index contributed by atoms with van der Waals surface area (Å²) in [6.07, 6.45) is 6.78. The molecule has 0 saturated carbocycles. The molecule has 0 spiro atoms. The molecule has 0 N–H and O–H groups in total. The highest BCUT2D eigenvalue weighted by Gasteiger charge is 1.99.